The van der Waals surface area contributed by atoms with Crippen molar-refractivity contribution < 1.29 is 0 Å². The topological polar surface area (TPSA) is 26.0 Å². The van der Waals surface area contributed by atoms with Gasteiger partial charge in [0.15, 0.2) is 0 Å². The molecule has 1 aromatic carbocycles. The van der Waals surface area contributed by atoms with Gasteiger partial charge in [-0.3, -0.25) is 0 Å². The Hall–Kier alpha value is -0.500. The van der Waals surface area contributed by atoms with Crippen LogP contribution in [0.25, 0.3) is 6.08 Å². The quantitative estimate of drug-likeness (QED) is 0.854. The van der Waals surface area contributed by atoms with Gasteiger partial charge in [-0.1, -0.05) is 48.7 Å². The number of benzene rings is 1. The van der Waals surface area contributed by atoms with E-state index in [0.717, 1.165) is 5.56 Å². The van der Waals surface area contributed by atoms with Crippen LogP contribution in [0, 0.1) is 5.92 Å². The van der Waals surface area contributed by atoms with Gasteiger partial charge in [-0.05, 0) is 29.7 Å². The average Bonchev–Trinajstić information content (AvgIpc) is 2.18. The maximum Gasteiger partial charge on any atom is 0.0479 e. The van der Waals surface area contributed by atoms with Crippen molar-refractivity contribution in [3.8, 4) is 0 Å². The second-order valence-electron chi connectivity index (χ2n) is 3.74. The Kier molecular flexibility index (Phi) is 4.65. The fourth-order valence-corrected chi connectivity index (χ4v) is 1.64. The molecule has 0 aliphatic rings. The molecule has 1 rings (SSSR count). The van der Waals surface area contributed by atoms with Crippen LogP contribution in [0.5, 0.6) is 0 Å². The molecule has 0 bridgehead atoms. The van der Waals surface area contributed by atoms with Crippen molar-refractivity contribution in [3.63, 3.8) is 0 Å². The Balaban J connectivity index is 3.10. The third-order valence-corrected chi connectivity index (χ3v) is 2.86. The molecule has 3 heteroatoms. The summed E-state index contributed by atoms with van der Waals surface area (Å²) in [5.41, 5.74) is 7.76. The monoisotopic (exact) mass is 243 g/mol. The fraction of sp³-hybridized carbons (Fsp3) is 0.333. The molecule has 0 amide bonds. The number of nitrogens with two attached hydrogens (primary N) is 1. The summed E-state index contributed by atoms with van der Waals surface area (Å²) in [5.74, 6) is 0.421. The van der Waals surface area contributed by atoms with Crippen LogP contribution in [0.1, 0.15) is 19.4 Å². The third-order valence-electron chi connectivity index (χ3n) is 2.28. The molecule has 0 aliphatic heterocycles. The maximum atomic E-state index is 6.06. The van der Waals surface area contributed by atoms with Gasteiger partial charge in [-0.15, -0.1) is 0 Å². The molecule has 15 heavy (non-hydrogen) atoms. The number of hydrogen-bond donors (Lipinski definition) is 1. The van der Waals surface area contributed by atoms with E-state index in [9.17, 15) is 0 Å². The Labute approximate surface area is 101 Å². The van der Waals surface area contributed by atoms with Crippen LogP contribution < -0.4 is 5.73 Å². The number of hydrogen-bond acceptors (Lipinski definition) is 1. The molecular weight excluding hydrogens is 229 g/mol. The van der Waals surface area contributed by atoms with Crippen molar-refractivity contribution in [1.82, 2.24) is 0 Å². The first-order chi connectivity index (χ1) is 7.04. The van der Waals surface area contributed by atoms with Gasteiger partial charge >= 0.3 is 0 Å². The molecule has 1 aromatic rings. The molecule has 0 saturated carbocycles. The largest absolute Gasteiger partial charge is 0.327 e. The van der Waals surface area contributed by atoms with E-state index in [-0.39, 0.29) is 0 Å². The Bertz CT molecular complexity index is 370. The molecule has 0 aliphatic carbocycles. The van der Waals surface area contributed by atoms with E-state index >= 15 is 0 Å². The Morgan fingerprint density at radius 2 is 2.07 bits per heavy atom. The lowest BCUT2D eigenvalue weighted by Gasteiger charge is -2.09. The predicted molar refractivity (Wildman–Crippen MR) is 68.3 cm³/mol. The minimum atomic E-state index is 0.421. The zero-order chi connectivity index (χ0) is 11.4. The highest BCUT2D eigenvalue weighted by Crippen LogP contribution is 2.24. The van der Waals surface area contributed by atoms with Gasteiger partial charge in [0.2, 0.25) is 0 Å². The molecule has 0 heterocycles. The molecule has 2 N–H and O–H groups in total. The molecular formula is C12H15Cl2N. The van der Waals surface area contributed by atoms with Crippen molar-refractivity contribution in [3.05, 3.63) is 39.4 Å². The first-order valence-electron chi connectivity index (χ1n) is 4.90. The van der Waals surface area contributed by atoms with Crippen LogP contribution >= 0.6 is 23.2 Å². The van der Waals surface area contributed by atoms with E-state index in [2.05, 4.69) is 13.8 Å². The molecule has 0 aromatic heterocycles. The second kappa shape index (κ2) is 5.55. The first-order valence-corrected chi connectivity index (χ1v) is 5.65. The Morgan fingerprint density at radius 1 is 1.40 bits per heavy atom. The van der Waals surface area contributed by atoms with Crippen LogP contribution in [0.3, 0.4) is 0 Å². The highest BCUT2D eigenvalue weighted by Gasteiger charge is 2.04. The highest BCUT2D eigenvalue weighted by molar-refractivity contribution is 6.34. The predicted octanol–water partition coefficient (Wildman–Crippen LogP) is 3.99. The summed E-state index contributed by atoms with van der Waals surface area (Å²) in [6, 6.07) is 5.42. The summed E-state index contributed by atoms with van der Waals surface area (Å²) in [5, 5.41) is 1.39. The van der Waals surface area contributed by atoms with Crippen molar-refractivity contribution in [1.29, 1.82) is 0 Å². The van der Waals surface area contributed by atoms with Crippen LogP contribution in [0.15, 0.2) is 23.8 Å². The molecule has 0 unspecified atom stereocenters. The molecule has 0 spiro atoms. The van der Waals surface area contributed by atoms with Gasteiger partial charge < -0.3 is 5.73 Å². The van der Waals surface area contributed by atoms with Crippen LogP contribution in [0.4, 0.5) is 0 Å². The van der Waals surface area contributed by atoms with Gasteiger partial charge in [0, 0.05) is 16.6 Å². The lowest BCUT2D eigenvalue weighted by Crippen LogP contribution is -2.08. The summed E-state index contributed by atoms with van der Waals surface area (Å²) in [4.78, 5) is 0. The first kappa shape index (κ1) is 12.6. The minimum Gasteiger partial charge on any atom is -0.327 e. The summed E-state index contributed by atoms with van der Waals surface area (Å²) >= 11 is 12.0. The molecule has 0 atom stereocenters. The third kappa shape index (κ3) is 3.53. The van der Waals surface area contributed by atoms with Crippen LogP contribution in [-0.4, -0.2) is 6.54 Å². The molecule has 82 valence electrons. The van der Waals surface area contributed by atoms with E-state index in [1.54, 1.807) is 12.1 Å². The molecule has 0 fully saturated rings. The SMILES string of the molecule is CC(C)/C(=C/c1cc(Cl)ccc1Cl)CN. The van der Waals surface area contributed by atoms with E-state index in [1.165, 1.54) is 5.57 Å². The van der Waals surface area contributed by atoms with E-state index in [0.29, 0.717) is 22.5 Å². The van der Waals surface area contributed by atoms with Gasteiger partial charge in [-0.2, -0.15) is 0 Å². The normalized spacial score (nSPS) is 12.3. The van der Waals surface area contributed by atoms with E-state index in [4.69, 9.17) is 28.9 Å². The summed E-state index contributed by atoms with van der Waals surface area (Å²) < 4.78 is 0. The van der Waals surface area contributed by atoms with Crippen LogP contribution in [0.2, 0.25) is 10.0 Å². The number of rotatable bonds is 3. The molecule has 0 saturated heterocycles. The zero-order valence-electron chi connectivity index (χ0n) is 8.93. The zero-order valence-corrected chi connectivity index (χ0v) is 10.4. The fourth-order valence-electron chi connectivity index (χ4n) is 1.29. The van der Waals surface area contributed by atoms with E-state index < -0.39 is 0 Å². The van der Waals surface area contributed by atoms with Crippen molar-refractivity contribution in [2.24, 2.45) is 11.7 Å². The molecule has 1 nitrogen and oxygen atoms in total. The second-order valence-corrected chi connectivity index (χ2v) is 4.59. The van der Waals surface area contributed by atoms with Crippen molar-refractivity contribution in [2.45, 2.75) is 13.8 Å². The van der Waals surface area contributed by atoms with Gasteiger partial charge in [0.1, 0.15) is 0 Å². The minimum absolute atomic E-state index is 0.421. The van der Waals surface area contributed by atoms with Crippen molar-refractivity contribution >= 4 is 29.3 Å². The van der Waals surface area contributed by atoms with Gasteiger partial charge in [0.25, 0.3) is 0 Å². The smallest absolute Gasteiger partial charge is 0.0479 e. The standard InChI is InChI=1S/C12H15Cl2N/c1-8(2)10(7-15)5-9-6-11(13)3-4-12(9)14/h3-6,8H,7,15H2,1-2H3/b10-5+. The van der Waals surface area contributed by atoms with Gasteiger partial charge in [0.05, 0.1) is 0 Å². The lowest BCUT2D eigenvalue weighted by atomic mass is 10.0. The molecule has 0 radical (unpaired) electrons. The maximum absolute atomic E-state index is 6.06. The summed E-state index contributed by atoms with van der Waals surface area (Å²) in [6.07, 6.45) is 2.01. The average molecular weight is 244 g/mol. The number of halogens is 2. The summed E-state index contributed by atoms with van der Waals surface area (Å²) in [6.45, 7) is 4.76. The summed E-state index contributed by atoms with van der Waals surface area (Å²) in [7, 11) is 0. The Morgan fingerprint density at radius 3 is 2.60 bits per heavy atom. The highest BCUT2D eigenvalue weighted by atomic mass is 35.5. The van der Waals surface area contributed by atoms with Crippen LogP contribution in [-0.2, 0) is 0 Å². The lowest BCUT2D eigenvalue weighted by molar-refractivity contribution is 0.753. The van der Waals surface area contributed by atoms with Gasteiger partial charge in [-0.25, -0.2) is 0 Å². The van der Waals surface area contributed by atoms with Crippen molar-refractivity contribution in [2.75, 3.05) is 6.54 Å². The van der Waals surface area contributed by atoms with E-state index in [1.807, 2.05) is 12.1 Å².